The maximum Gasteiger partial charge on any atom is 0.337 e. The zero-order valence-corrected chi connectivity index (χ0v) is 20.7. The molecule has 1 heterocycles. The van der Waals surface area contributed by atoms with Crippen molar-refractivity contribution < 1.29 is 77.9 Å². The van der Waals surface area contributed by atoms with Crippen LogP contribution < -0.4 is 0 Å². The van der Waals surface area contributed by atoms with Crippen LogP contribution in [0.2, 0.25) is 0 Å². The standard InChI is InChI=1S/C21H32O16/c1-7(22)16(27)32-6-12-13(34-17(28)8(2)23)14(35-18(29)9(3)24)15(36-19(30)10(4)25)21(33-12)37-20(31)11(5)26/h7-15,21-26H,6H2,1-5H3/t7?,8?,9?,10?,11?,12?,13-,14-,15?,21-/m0/s1. The fourth-order valence-electron chi connectivity index (χ4n) is 2.70. The van der Waals surface area contributed by atoms with Gasteiger partial charge in [-0.1, -0.05) is 0 Å². The van der Waals surface area contributed by atoms with Gasteiger partial charge in [-0.05, 0) is 34.6 Å². The molecule has 1 rings (SSSR count). The number of carbonyl (C=O) groups excluding carboxylic acids is 5. The van der Waals surface area contributed by atoms with Crippen LogP contribution in [0.5, 0.6) is 0 Å². The minimum atomic E-state index is -2.01. The van der Waals surface area contributed by atoms with Crippen LogP contribution in [-0.4, -0.2) is 123 Å². The highest BCUT2D eigenvalue weighted by Gasteiger charge is 2.55. The Morgan fingerprint density at radius 2 is 0.919 bits per heavy atom. The van der Waals surface area contributed by atoms with Gasteiger partial charge in [-0.2, -0.15) is 0 Å². The highest BCUT2D eigenvalue weighted by molar-refractivity contribution is 5.77. The number of hydrogen-bond donors (Lipinski definition) is 5. The average Bonchev–Trinajstić information content (AvgIpc) is 2.80. The molecular formula is C21H32O16. The van der Waals surface area contributed by atoms with Gasteiger partial charge in [0, 0.05) is 0 Å². The van der Waals surface area contributed by atoms with Gasteiger partial charge in [-0.25, -0.2) is 24.0 Å². The lowest BCUT2D eigenvalue weighted by Gasteiger charge is -2.44. The molecule has 0 aromatic rings. The summed E-state index contributed by atoms with van der Waals surface area (Å²) in [5.74, 6) is -6.41. The lowest BCUT2D eigenvalue weighted by atomic mass is 9.97. The van der Waals surface area contributed by atoms with E-state index in [9.17, 15) is 49.5 Å². The molecule has 0 spiro atoms. The van der Waals surface area contributed by atoms with E-state index in [2.05, 4.69) is 0 Å². The van der Waals surface area contributed by atoms with E-state index in [0.29, 0.717) is 0 Å². The molecule has 0 saturated carbocycles. The Kier molecular flexibility index (Phi) is 12.3. The minimum Gasteiger partial charge on any atom is -0.461 e. The summed E-state index contributed by atoms with van der Waals surface area (Å²) < 4.78 is 30.8. The first-order valence-corrected chi connectivity index (χ1v) is 11.1. The zero-order chi connectivity index (χ0) is 28.6. The molecule has 7 unspecified atom stereocenters. The number of aliphatic hydroxyl groups is 5. The van der Waals surface area contributed by atoms with Crippen LogP contribution in [0.1, 0.15) is 34.6 Å². The van der Waals surface area contributed by atoms with Gasteiger partial charge in [-0.15, -0.1) is 0 Å². The summed E-state index contributed by atoms with van der Waals surface area (Å²) in [7, 11) is 0. The SMILES string of the molecule is CC(O)C(=O)OCC1O[C@@H](OC(=O)C(C)O)C(OC(=O)C(C)O)[C@@H](OC(=O)C(C)O)[C@H]1OC(=O)C(C)O. The van der Waals surface area contributed by atoms with Crippen molar-refractivity contribution >= 4 is 29.8 Å². The molecule has 1 saturated heterocycles. The van der Waals surface area contributed by atoms with Crippen LogP contribution in [0.3, 0.4) is 0 Å². The lowest BCUT2D eigenvalue weighted by molar-refractivity contribution is -0.305. The third kappa shape index (κ3) is 9.49. The van der Waals surface area contributed by atoms with Crippen molar-refractivity contribution in [2.75, 3.05) is 6.61 Å². The van der Waals surface area contributed by atoms with Gasteiger partial charge in [0.05, 0.1) is 0 Å². The van der Waals surface area contributed by atoms with Gasteiger partial charge in [0.2, 0.25) is 12.4 Å². The van der Waals surface area contributed by atoms with Crippen molar-refractivity contribution in [2.45, 2.75) is 95.8 Å². The monoisotopic (exact) mass is 540 g/mol. The van der Waals surface area contributed by atoms with E-state index in [1.807, 2.05) is 0 Å². The number of aliphatic hydroxyl groups excluding tert-OH is 5. The Balaban J connectivity index is 3.59. The van der Waals surface area contributed by atoms with E-state index >= 15 is 0 Å². The van der Waals surface area contributed by atoms with Crippen molar-refractivity contribution in [1.82, 2.24) is 0 Å². The molecule has 1 aliphatic rings. The highest BCUT2D eigenvalue weighted by atomic mass is 16.8. The van der Waals surface area contributed by atoms with Gasteiger partial charge >= 0.3 is 29.8 Å². The predicted molar refractivity (Wildman–Crippen MR) is 114 cm³/mol. The molecule has 37 heavy (non-hydrogen) atoms. The average molecular weight is 540 g/mol. The smallest absolute Gasteiger partial charge is 0.337 e. The van der Waals surface area contributed by atoms with Crippen molar-refractivity contribution in [3.05, 3.63) is 0 Å². The molecule has 212 valence electrons. The number of esters is 5. The second kappa shape index (κ2) is 14.2. The van der Waals surface area contributed by atoms with Crippen LogP contribution in [0, 0.1) is 0 Å². The molecule has 16 nitrogen and oxygen atoms in total. The van der Waals surface area contributed by atoms with Crippen molar-refractivity contribution in [3.8, 4) is 0 Å². The Morgan fingerprint density at radius 3 is 1.32 bits per heavy atom. The maximum atomic E-state index is 12.3. The highest BCUT2D eigenvalue weighted by Crippen LogP contribution is 2.31. The summed E-state index contributed by atoms with van der Waals surface area (Å²) in [6.45, 7) is 4.36. The van der Waals surface area contributed by atoms with E-state index in [-0.39, 0.29) is 0 Å². The van der Waals surface area contributed by atoms with E-state index in [0.717, 1.165) is 34.6 Å². The van der Waals surface area contributed by atoms with Crippen molar-refractivity contribution in [2.24, 2.45) is 0 Å². The normalized spacial score (nSPS) is 27.5. The molecule has 0 radical (unpaired) electrons. The zero-order valence-electron chi connectivity index (χ0n) is 20.7. The minimum absolute atomic E-state index is 0.815. The predicted octanol–water partition coefficient (Wildman–Crippen LogP) is -3.56. The molecule has 0 aromatic carbocycles. The number of ether oxygens (including phenoxy) is 6. The molecule has 1 fully saturated rings. The first kappa shape index (κ1) is 32.1. The van der Waals surface area contributed by atoms with E-state index in [1.165, 1.54) is 0 Å². The second-order valence-corrected chi connectivity index (χ2v) is 8.19. The van der Waals surface area contributed by atoms with Gasteiger partial charge in [0.15, 0.2) is 12.2 Å². The molecule has 0 amide bonds. The van der Waals surface area contributed by atoms with E-state index in [4.69, 9.17) is 28.4 Å². The molecule has 0 bridgehead atoms. The Hall–Kier alpha value is -2.89. The van der Waals surface area contributed by atoms with Gasteiger partial charge in [0.1, 0.15) is 43.2 Å². The van der Waals surface area contributed by atoms with Crippen molar-refractivity contribution in [1.29, 1.82) is 0 Å². The summed E-state index contributed by atoms with van der Waals surface area (Å²) >= 11 is 0. The van der Waals surface area contributed by atoms with Gasteiger partial charge < -0.3 is 54.0 Å². The quantitative estimate of drug-likeness (QED) is 0.126. The third-order valence-corrected chi connectivity index (χ3v) is 4.68. The Morgan fingerprint density at radius 1 is 0.568 bits per heavy atom. The number of carbonyl (C=O) groups is 5. The van der Waals surface area contributed by atoms with Crippen LogP contribution in [0.4, 0.5) is 0 Å². The van der Waals surface area contributed by atoms with E-state index in [1.54, 1.807) is 0 Å². The summed E-state index contributed by atoms with van der Waals surface area (Å²) in [5.41, 5.74) is 0. The fraction of sp³-hybridized carbons (Fsp3) is 0.762. The third-order valence-electron chi connectivity index (χ3n) is 4.68. The lowest BCUT2D eigenvalue weighted by Crippen LogP contribution is -2.64. The first-order chi connectivity index (χ1) is 17.1. The van der Waals surface area contributed by atoms with E-state index < -0.39 is 97.7 Å². The molecule has 0 aliphatic carbocycles. The van der Waals surface area contributed by atoms with Crippen LogP contribution in [0.25, 0.3) is 0 Å². The fourth-order valence-corrected chi connectivity index (χ4v) is 2.70. The van der Waals surface area contributed by atoms with Crippen LogP contribution in [-0.2, 0) is 52.4 Å². The largest absolute Gasteiger partial charge is 0.461 e. The molecule has 0 aromatic heterocycles. The summed E-state index contributed by atoms with van der Waals surface area (Å²) in [6.07, 6.45) is -17.9. The molecule has 1 aliphatic heterocycles. The summed E-state index contributed by atoms with van der Waals surface area (Å²) in [5, 5.41) is 47.7. The number of hydrogen-bond acceptors (Lipinski definition) is 16. The molecule has 5 N–H and O–H groups in total. The Bertz CT molecular complexity index is 819. The van der Waals surface area contributed by atoms with Crippen LogP contribution in [0.15, 0.2) is 0 Å². The number of rotatable bonds is 11. The molecule has 10 atom stereocenters. The second-order valence-electron chi connectivity index (χ2n) is 8.19. The first-order valence-electron chi connectivity index (χ1n) is 11.1. The van der Waals surface area contributed by atoms with Crippen LogP contribution >= 0.6 is 0 Å². The van der Waals surface area contributed by atoms with Gasteiger partial charge in [0.25, 0.3) is 0 Å². The summed E-state index contributed by atoms with van der Waals surface area (Å²) in [4.78, 5) is 60.6. The molecular weight excluding hydrogens is 508 g/mol. The molecule has 16 heteroatoms. The summed E-state index contributed by atoms with van der Waals surface area (Å²) in [6, 6.07) is 0. The topological polar surface area (TPSA) is 242 Å². The Labute approximate surface area is 210 Å². The van der Waals surface area contributed by atoms with Gasteiger partial charge in [-0.3, -0.25) is 0 Å². The maximum absolute atomic E-state index is 12.3. The van der Waals surface area contributed by atoms with Crippen molar-refractivity contribution in [3.63, 3.8) is 0 Å².